The van der Waals surface area contributed by atoms with E-state index >= 15 is 0 Å². The molecule has 1 fully saturated rings. The molecule has 0 aromatic carbocycles. The van der Waals surface area contributed by atoms with Crippen LogP contribution < -0.4 is 0 Å². The van der Waals surface area contributed by atoms with Crippen LogP contribution in [0.3, 0.4) is 0 Å². The Hall–Kier alpha value is -0.650. The maximum atomic E-state index is 13.0. The lowest BCUT2D eigenvalue weighted by molar-refractivity contribution is -0.296. The molecule has 0 aliphatic carbocycles. The molecule has 1 unspecified atom stereocenters. The van der Waals surface area contributed by atoms with E-state index in [0.29, 0.717) is 13.0 Å². The molecule has 5 nitrogen and oxygen atoms in total. The number of esters is 1. The zero-order chi connectivity index (χ0) is 20.9. The second-order valence-corrected chi connectivity index (χ2v) is 9.06. The number of ether oxygens (including phenoxy) is 2. The van der Waals surface area contributed by atoms with Gasteiger partial charge in [0.15, 0.2) is 0 Å². The molecule has 1 atom stereocenters. The number of hydroxylamine groups is 2. The lowest BCUT2D eigenvalue weighted by atomic mass is 9.95. The van der Waals surface area contributed by atoms with Crippen molar-refractivity contribution >= 4 is 5.97 Å². The molecule has 5 heteroatoms. The number of nitrogens with zero attached hydrogens (tertiary/aromatic N) is 1. The van der Waals surface area contributed by atoms with Gasteiger partial charge in [0.1, 0.15) is 5.72 Å². The number of carbonyl (C=O) groups is 1. The van der Waals surface area contributed by atoms with Crippen LogP contribution in [0.2, 0.25) is 0 Å². The van der Waals surface area contributed by atoms with Gasteiger partial charge >= 0.3 is 5.97 Å². The van der Waals surface area contributed by atoms with Gasteiger partial charge in [-0.25, -0.2) is 0 Å². The van der Waals surface area contributed by atoms with Crippen molar-refractivity contribution in [3.63, 3.8) is 0 Å². The topological polar surface area (TPSA) is 58.7 Å². The zero-order valence-electron chi connectivity index (χ0n) is 18.9. The van der Waals surface area contributed by atoms with E-state index in [1.807, 2.05) is 13.8 Å². The zero-order valence-corrected chi connectivity index (χ0v) is 18.9. The van der Waals surface area contributed by atoms with Crippen molar-refractivity contribution in [2.24, 2.45) is 0 Å². The highest BCUT2D eigenvalue weighted by Gasteiger charge is 2.51. The summed E-state index contributed by atoms with van der Waals surface area (Å²) in [6.07, 6.45) is 16.0. The van der Waals surface area contributed by atoms with Crippen molar-refractivity contribution in [2.45, 2.75) is 128 Å². The monoisotopic (exact) mass is 398 g/mol. The summed E-state index contributed by atoms with van der Waals surface area (Å²) in [5.41, 5.74) is -1.03. The fourth-order valence-electron chi connectivity index (χ4n) is 4.11. The summed E-state index contributed by atoms with van der Waals surface area (Å²) in [7, 11) is 1.44. The van der Waals surface area contributed by atoms with Crippen LogP contribution in [0.25, 0.3) is 0 Å². The number of hydrogen-bond acceptors (Lipinski definition) is 4. The number of unbranched alkanes of at least 4 members (excludes halogenated alkanes) is 10. The molecule has 0 N–H and O–H groups in total. The van der Waals surface area contributed by atoms with Crippen molar-refractivity contribution in [3.8, 4) is 0 Å². The van der Waals surface area contributed by atoms with E-state index in [9.17, 15) is 10.0 Å². The van der Waals surface area contributed by atoms with Gasteiger partial charge in [0.2, 0.25) is 0 Å². The Bertz CT molecular complexity index is 427. The third-order valence-corrected chi connectivity index (χ3v) is 5.96. The Morgan fingerprint density at radius 1 is 0.893 bits per heavy atom. The second-order valence-electron chi connectivity index (χ2n) is 9.06. The van der Waals surface area contributed by atoms with Gasteiger partial charge in [-0.3, -0.25) is 4.79 Å². The van der Waals surface area contributed by atoms with Crippen LogP contribution in [-0.2, 0) is 19.5 Å². The van der Waals surface area contributed by atoms with Crippen LogP contribution >= 0.6 is 0 Å². The van der Waals surface area contributed by atoms with E-state index in [2.05, 4.69) is 11.7 Å². The average Bonchev–Trinajstić information content (AvgIpc) is 2.90. The van der Waals surface area contributed by atoms with E-state index in [4.69, 9.17) is 4.74 Å². The Balaban J connectivity index is 2.30. The van der Waals surface area contributed by atoms with Crippen LogP contribution in [0, 0.1) is 0 Å². The standard InChI is InChI=1S/C23H44NO4/c1-5-6-7-8-12-15-18-23(24(26)22(2,3)20-28-23)19-16-13-10-9-11-14-17-21(25)27-4/h5-20H2,1-4H3. The minimum atomic E-state index is -0.612. The molecule has 0 saturated carbocycles. The van der Waals surface area contributed by atoms with E-state index in [-0.39, 0.29) is 5.97 Å². The minimum Gasteiger partial charge on any atom is -0.469 e. The molecular weight excluding hydrogens is 354 g/mol. The fourth-order valence-corrected chi connectivity index (χ4v) is 4.11. The van der Waals surface area contributed by atoms with E-state index in [0.717, 1.165) is 57.8 Å². The Labute approximate surface area is 173 Å². The molecule has 1 aliphatic heterocycles. The number of methoxy groups -OCH3 is 1. The van der Waals surface area contributed by atoms with Gasteiger partial charge in [-0.05, 0) is 46.0 Å². The van der Waals surface area contributed by atoms with Crippen molar-refractivity contribution in [1.29, 1.82) is 0 Å². The highest BCUT2D eigenvalue weighted by molar-refractivity contribution is 5.68. The Kier molecular flexibility index (Phi) is 12.3. The molecule has 0 aromatic rings. The molecular formula is C23H44NO4. The SMILES string of the molecule is CCCCCCCCC1(CCCCCCCCC(=O)OC)OCC(C)(C)N1[O]. The fraction of sp³-hybridized carbons (Fsp3) is 0.957. The number of carbonyl (C=O) groups excluding carboxylic acids is 1. The lowest BCUT2D eigenvalue weighted by Crippen LogP contribution is -2.49. The number of rotatable bonds is 16. The van der Waals surface area contributed by atoms with Crippen LogP contribution in [0.5, 0.6) is 0 Å². The van der Waals surface area contributed by atoms with Crippen molar-refractivity contribution in [1.82, 2.24) is 5.06 Å². The summed E-state index contributed by atoms with van der Waals surface area (Å²) in [5.74, 6) is -0.117. The largest absolute Gasteiger partial charge is 0.469 e. The summed E-state index contributed by atoms with van der Waals surface area (Å²) >= 11 is 0. The molecule has 0 amide bonds. The van der Waals surface area contributed by atoms with Crippen LogP contribution in [-0.4, -0.2) is 36.0 Å². The molecule has 1 radical (unpaired) electrons. The molecule has 1 heterocycles. The third kappa shape index (κ3) is 8.79. The highest BCUT2D eigenvalue weighted by Crippen LogP contribution is 2.40. The summed E-state index contributed by atoms with van der Waals surface area (Å²) in [4.78, 5) is 11.1. The summed E-state index contributed by atoms with van der Waals surface area (Å²) in [5, 5.41) is 14.2. The van der Waals surface area contributed by atoms with Gasteiger partial charge in [0.05, 0.1) is 19.3 Å². The van der Waals surface area contributed by atoms with Crippen LogP contribution in [0.4, 0.5) is 0 Å². The van der Waals surface area contributed by atoms with Gasteiger partial charge in [0.25, 0.3) is 0 Å². The molecule has 1 saturated heterocycles. The van der Waals surface area contributed by atoms with Crippen LogP contribution in [0.15, 0.2) is 0 Å². The molecule has 28 heavy (non-hydrogen) atoms. The van der Waals surface area contributed by atoms with Gasteiger partial charge in [-0.15, -0.1) is 10.3 Å². The summed E-state index contributed by atoms with van der Waals surface area (Å²) in [6.45, 7) is 6.74. The average molecular weight is 399 g/mol. The first-order valence-corrected chi connectivity index (χ1v) is 11.6. The predicted molar refractivity (Wildman–Crippen MR) is 112 cm³/mol. The predicted octanol–water partition coefficient (Wildman–Crippen LogP) is 6.18. The molecule has 0 aromatic heterocycles. The third-order valence-electron chi connectivity index (χ3n) is 5.96. The lowest BCUT2D eigenvalue weighted by Gasteiger charge is -2.35. The molecule has 1 aliphatic rings. The molecule has 0 spiro atoms. The van der Waals surface area contributed by atoms with Crippen molar-refractivity contribution < 1.29 is 19.5 Å². The first-order valence-electron chi connectivity index (χ1n) is 11.6. The van der Waals surface area contributed by atoms with Crippen molar-refractivity contribution in [3.05, 3.63) is 0 Å². The summed E-state index contributed by atoms with van der Waals surface area (Å²) in [6, 6.07) is 0. The maximum absolute atomic E-state index is 13.0. The van der Waals surface area contributed by atoms with E-state index < -0.39 is 11.3 Å². The second kappa shape index (κ2) is 13.6. The Morgan fingerprint density at radius 2 is 1.39 bits per heavy atom. The van der Waals surface area contributed by atoms with Crippen LogP contribution in [0.1, 0.15) is 117 Å². The maximum Gasteiger partial charge on any atom is 0.305 e. The normalized spacial score (nSPS) is 21.9. The van der Waals surface area contributed by atoms with Gasteiger partial charge in [0, 0.05) is 6.42 Å². The first-order chi connectivity index (χ1) is 13.4. The van der Waals surface area contributed by atoms with E-state index in [1.54, 1.807) is 0 Å². The highest BCUT2D eigenvalue weighted by atomic mass is 16.6. The molecule has 165 valence electrons. The number of hydrogen-bond donors (Lipinski definition) is 0. The molecule has 1 rings (SSSR count). The first kappa shape index (κ1) is 25.4. The van der Waals surface area contributed by atoms with Gasteiger partial charge < -0.3 is 9.47 Å². The Morgan fingerprint density at radius 3 is 1.86 bits per heavy atom. The van der Waals surface area contributed by atoms with Gasteiger partial charge in [-0.2, -0.15) is 0 Å². The minimum absolute atomic E-state index is 0.117. The summed E-state index contributed by atoms with van der Waals surface area (Å²) < 4.78 is 10.8. The van der Waals surface area contributed by atoms with E-state index in [1.165, 1.54) is 44.3 Å². The quantitative estimate of drug-likeness (QED) is 0.230. The molecule has 0 bridgehead atoms. The van der Waals surface area contributed by atoms with Crippen molar-refractivity contribution in [2.75, 3.05) is 13.7 Å². The smallest absolute Gasteiger partial charge is 0.305 e. The van der Waals surface area contributed by atoms with Gasteiger partial charge in [-0.1, -0.05) is 64.7 Å².